The Labute approximate surface area is 127 Å². The second-order valence-electron chi connectivity index (χ2n) is 4.75. The fourth-order valence-corrected chi connectivity index (χ4v) is 2.24. The number of hydrogen-bond donors (Lipinski definition) is 2. The van der Waals surface area contributed by atoms with Crippen molar-refractivity contribution in [2.45, 2.75) is 6.54 Å². The van der Waals surface area contributed by atoms with E-state index in [1.54, 1.807) is 38.5 Å². The number of ether oxygens (including phenoxy) is 2. The van der Waals surface area contributed by atoms with E-state index in [4.69, 9.17) is 9.47 Å². The Balaban J connectivity index is 1.84. The number of halogens is 1. The van der Waals surface area contributed by atoms with Crippen molar-refractivity contribution in [2.24, 2.45) is 0 Å². The number of aromatic amines is 1. The molecule has 0 fully saturated rings. The van der Waals surface area contributed by atoms with E-state index in [0.29, 0.717) is 29.6 Å². The molecule has 0 spiro atoms. The van der Waals surface area contributed by atoms with Crippen molar-refractivity contribution in [1.29, 1.82) is 0 Å². The number of nitrogens with zero attached hydrogens (tertiary/aromatic N) is 1. The molecule has 0 aliphatic heterocycles. The van der Waals surface area contributed by atoms with Gasteiger partial charge in [-0.1, -0.05) is 18.2 Å². The van der Waals surface area contributed by atoms with E-state index < -0.39 is 0 Å². The molecule has 0 aliphatic rings. The van der Waals surface area contributed by atoms with Crippen LogP contribution < -0.4 is 14.8 Å². The van der Waals surface area contributed by atoms with Crippen LogP contribution >= 0.6 is 0 Å². The highest BCUT2D eigenvalue weighted by atomic mass is 19.1. The van der Waals surface area contributed by atoms with Crippen LogP contribution in [0.2, 0.25) is 0 Å². The zero-order chi connectivity index (χ0) is 15.5. The Morgan fingerprint density at radius 1 is 1.14 bits per heavy atom. The maximum atomic E-state index is 13.6. The van der Waals surface area contributed by atoms with E-state index in [2.05, 4.69) is 15.3 Å². The van der Waals surface area contributed by atoms with Crippen molar-refractivity contribution >= 4 is 17.0 Å². The summed E-state index contributed by atoms with van der Waals surface area (Å²) in [6.45, 7) is 0.348. The molecule has 2 N–H and O–H groups in total. The van der Waals surface area contributed by atoms with Gasteiger partial charge in [-0.25, -0.2) is 9.37 Å². The molecule has 3 rings (SSSR count). The van der Waals surface area contributed by atoms with Gasteiger partial charge in [0.15, 0.2) is 11.5 Å². The van der Waals surface area contributed by atoms with E-state index in [9.17, 15) is 4.39 Å². The van der Waals surface area contributed by atoms with Crippen molar-refractivity contribution < 1.29 is 13.9 Å². The molecule has 0 aliphatic carbocycles. The summed E-state index contributed by atoms with van der Waals surface area (Å²) in [6.07, 6.45) is 0. The normalized spacial score (nSPS) is 10.7. The Morgan fingerprint density at radius 2 is 1.86 bits per heavy atom. The number of H-pyrrole nitrogens is 1. The molecule has 6 heteroatoms. The first-order valence-electron chi connectivity index (χ1n) is 6.80. The topological polar surface area (TPSA) is 59.2 Å². The molecular formula is C16H16FN3O2. The summed E-state index contributed by atoms with van der Waals surface area (Å²) in [5.41, 5.74) is 2.14. The van der Waals surface area contributed by atoms with Gasteiger partial charge in [0.25, 0.3) is 0 Å². The van der Waals surface area contributed by atoms with Crippen LogP contribution in [0.25, 0.3) is 11.0 Å². The number of fused-ring (bicyclic) bond motifs is 1. The van der Waals surface area contributed by atoms with Gasteiger partial charge in [0.1, 0.15) is 5.82 Å². The molecule has 5 nitrogen and oxygen atoms in total. The van der Waals surface area contributed by atoms with E-state index in [1.165, 1.54) is 6.07 Å². The number of imidazole rings is 1. The third kappa shape index (κ3) is 2.67. The highest BCUT2D eigenvalue weighted by Gasteiger charge is 2.10. The fourth-order valence-electron chi connectivity index (χ4n) is 2.24. The number of nitrogens with one attached hydrogen (secondary N) is 2. The van der Waals surface area contributed by atoms with Gasteiger partial charge in [-0.15, -0.1) is 0 Å². The number of rotatable bonds is 5. The summed E-state index contributed by atoms with van der Waals surface area (Å²) < 4.78 is 24.1. The average molecular weight is 301 g/mol. The monoisotopic (exact) mass is 301 g/mol. The summed E-state index contributed by atoms with van der Waals surface area (Å²) in [4.78, 5) is 7.55. The molecule has 1 heterocycles. The molecule has 22 heavy (non-hydrogen) atoms. The average Bonchev–Trinajstić information content (AvgIpc) is 2.94. The molecule has 2 aromatic carbocycles. The van der Waals surface area contributed by atoms with Crippen LogP contribution in [0, 0.1) is 5.82 Å². The summed E-state index contributed by atoms with van der Waals surface area (Å²) in [5, 5.41) is 3.08. The molecule has 0 amide bonds. The summed E-state index contributed by atoms with van der Waals surface area (Å²) in [7, 11) is 3.16. The number of anilines is 1. The molecule has 0 saturated carbocycles. The molecule has 1 aromatic heterocycles. The third-order valence-electron chi connectivity index (χ3n) is 3.39. The Hall–Kier alpha value is -2.76. The van der Waals surface area contributed by atoms with Crippen LogP contribution in [-0.4, -0.2) is 24.2 Å². The van der Waals surface area contributed by atoms with E-state index in [1.807, 2.05) is 6.07 Å². The summed E-state index contributed by atoms with van der Waals surface area (Å²) in [6, 6.07) is 10.2. The quantitative estimate of drug-likeness (QED) is 0.759. The lowest BCUT2D eigenvalue weighted by Crippen LogP contribution is -2.02. The zero-order valence-corrected chi connectivity index (χ0v) is 12.3. The maximum absolute atomic E-state index is 13.6. The van der Waals surface area contributed by atoms with Gasteiger partial charge in [-0.3, -0.25) is 0 Å². The van der Waals surface area contributed by atoms with Gasteiger partial charge in [-0.2, -0.15) is 0 Å². The molecule has 0 saturated heterocycles. The lowest BCUT2D eigenvalue weighted by atomic mass is 10.2. The first kappa shape index (κ1) is 14.2. The van der Waals surface area contributed by atoms with Crippen molar-refractivity contribution in [1.82, 2.24) is 9.97 Å². The number of benzene rings is 2. The maximum Gasteiger partial charge on any atom is 0.201 e. The second kappa shape index (κ2) is 5.93. The Kier molecular flexibility index (Phi) is 3.82. The second-order valence-corrected chi connectivity index (χ2v) is 4.75. The third-order valence-corrected chi connectivity index (χ3v) is 3.39. The van der Waals surface area contributed by atoms with Gasteiger partial charge >= 0.3 is 0 Å². The van der Waals surface area contributed by atoms with Crippen molar-refractivity contribution in [3.63, 3.8) is 0 Å². The Morgan fingerprint density at radius 3 is 2.59 bits per heavy atom. The van der Waals surface area contributed by atoms with E-state index >= 15 is 0 Å². The molecule has 3 aromatic rings. The highest BCUT2D eigenvalue weighted by molar-refractivity contribution is 5.81. The number of methoxy groups -OCH3 is 2. The van der Waals surface area contributed by atoms with Crippen LogP contribution in [0.1, 0.15) is 5.56 Å². The van der Waals surface area contributed by atoms with E-state index in [0.717, 1.165) is 11.0 Å². The van der Waals surface area contributed by atoms with Crippen LogP contribution in [0.4, 0.5) is 10.3 Å². The predicted molar refractivity (Wildman–Crippen MR) is 82.9 cm³/mol. The van der Waals surface area contributed by atoms with Crippen molar-refractivity contribution in [3.8, 4) is 11.5 Å². The van der Waals surface area contributed by atoms with Crippen molar-refractivity contribution in [3.05, 3.63) is 47.8 Å². The minimum Gasteiger partial charge on any atom is -0.493 e. The lowest BCUT2D eigenvalue weighted by Gasteiger charge is -2.06. The Bertz CT molecular complexity index is 760. The SMILES string of the molecule is COc1cc2nc(NCc3ccccc3F)[nH]c2cc1OC. The smallest absolute Gasteiger partial charge is 0.201 e. The van der Waals surface area contributed by atoms with E-state index in [-0.39, 0.29) is 5.82 Å². The van der Waals surface area contributed by atoms with Crippen molar-refractivity contribution in [2.75, 3.05) is 19.5 Å². The highest BCUT2D eigenvalue weighted by Crippen LogP contribution is 2.31. The predicted octanol–water partition coefficient (Wildman–Crippen LogP) is 3.33. The molecular weight excluding hydrogens is 285 g/mol. The summed E-state index contributed by atoms with van der Waals surface area (Å²) >= 11 is 0. The van der Waals surface area contributed by atoms with Crippen LogP contribution in [0.15, 0.2) is 36.4 Å². The molecule has 0 radical (unpaired) electrons. The van der Waals surface area contributed by atoms with Crippen LogP contribution in [0.5, 0.6) is 11.5 Å². The van der Waals surface area contributed by atoms with Crippen LogP contribution in [0.3, 0.4) is 0 Å². The molecule has 0 unspecified atom stereocenters. The minimum absolute atomic E-state index is 0.241. The van der Waals surface area contributed by atoms with Gasteiger partial charge in [0.2, 0.25) is 5.95 Å². The lowest BCUT2D eigenvalue weighted by molar-refractivity contribution is 0.356. The van der Waals surface area contributed by atoms with Gasteiger partial charge < -0.3 is 19.8 Å². The standard InChI is InChI=1S/C16H16FN3O2/c1-21-14-7-12-13(8-15(14)22-2)20-16(19-12)18-9-10-5-3-4-6-11(10)17/h3-8H,9H2,1-2H3,(H2,18,19,20). The van der Waals surface area contributed by atoms with Gasteiger partial charge in [0.05, 0.1) is 25.3 Å². The van der Waals surface area contributed by atoms with Gasteiger partial charge in [0, 0.05) is 24.2 Å². The zero-order valence-electron chi connectivity index (χ0n) is 12.3. The first-order chi connectivity index (χ1) is 10.7. The molecule has 114 valence electrons. The summed E-state index contributed by atoms with van der Waals surface area (Å²) in [5.74, 6) is 1.56. The first-order valence-corrected chi connectivity index (χ1v) is 6.80. The molecule has 0 atom stereocenters. The van der Waals surface area contributed by atoms with Crippen LogP contribution in [-0.2, 0) is 6.54 Å². The minimum atomic E-state index is -0.241. The number of hydrogen-bond acceptors (Lipinski definition) is 4. The number of aromatic nitrogens is 2. The molecule has 0 bridgehead atoms. The largest absolute Gasteiger partial charge is 0.493 e. The fraction of sp³-hybridized carbons (Fsp3) is 0.188. The van der Waals surface area contributed by atoms with Gasteiger partial charge in [-0.05, 0) is 6.07 Å².